The molecule has 0 aliphatic heterocycles. The van der Waals surface area contributed by atoms with E-state index in [1.807, 2.05) is 0 Å². The normalized spacial score (nSPS) is 10.3. The molecule has 2 aromatic carbocycles. The van der Waals surface area contributed by atoms with Crippen LogP contribution in [-0.2, 0) is 0 Å². The number of hydrogen-bond acceptors (Lipinski definition) is 6. The molecule has 0 fully saturated rings. The number of nitrogens with one attached hydrogen (secondary N) is 1. The average Bonchev–Trinajstić information content (AvgIpc) is 3.12. The van der Waals surface area contributed by atoms with Crippen molar-refractivity contribution in [1.29, 1.82) is 0 Å². The Bertz CT molecular complexity index is 916. The summed E-state index contributed by atoms with van der Waals surface area (Å²) in [4.78, 5) is 23.6. The predicted molar refractivity (Wildman–Crippen MR) is 90.7 cm³/mol. The van der Waals surface area contributed by atoms with Gasteiger partial charge in [-0.3, -0.25) is 9.59 Å². The van der Waals surface area contributed by atoms with E-state index in [0.717, 1.165) is 0 Å². The Balaban J connectivity index is 1.76. The summed E-state index contributed by atoms with van der Waals surface area (Å²) in [6.07, 6.45) is 0. The van der Waals surface area contributed by atoms with Crippen LogP contribution >= 0.6 is 0 Å². The van der Waals surface area contributed by atoms with Crippen LogP contribution in [0.5, 0.6) is 5.75 Å². The maximum Gasteiger partial charge on any atom is 0.313 e. The number of ether oxygens (including phenoxy) is 1. The highest BCUT2D eigenvalue weighted by atomic mass is 16.5. The Morgan fingerprint density at radius 3 is 2.52 bits per heavy atom. The molecular formula is C18H15N3O4. The number of Topliss-reactive ketones (excluding diaryl/α,β-unsaturated/α-hetero) is 1. The lowest BCUT2D eigenvalue weighted by atomic mass is 10.1. The van der Waals surface area contributed by atoms with E-state index in [4.69, 9.17) is 9.15 Å². The first-order chi connectivity index (χ1) is 12.1. The van der Waals surface area contributed by atoms with Gasteiger partial charge in [0.15, 0.2) is 5.78 Å². The molecule has 0 radical (unpaired) electrons. The molecule has 0 unspecified atom stereocenters. The molecule has 0 aliphatic rings. The van der Waals surface area contributed by atoms with Gasteiger partial charge in [-0.15, -0.1) is 10.2 Å². The van der Waals surface area contributed by atoms with Crippen LogP contribution in [0, 0.1) is 0 Å². The van der Waals surface area contributed by atoms with Gasteiger partial charge in [0.2, 0.25) is 5.89 Å². The summed E-state index contributed by atoms with van der Waals surface area (Å²) in [5.41, 5.74) is 1.65. The first kappa shape index (κ1) is 16.4. The van der Waals surface area contributed by atoms with Crippen LogP contribution in [0.2, 0.25) is 0 Å². The van der Waals surface area contributed by atoms with Gasteiger partial charge in [-0.2, -0.15) is 0 Å². The zero-order valence-electron chi connectivity index (χ0n) is 13.6. The van der Waals surface area contributed by atoms with E-state index >= 15 is 0 Å². The van der Waals surface area contributed by atoms with Crippen LogP contribution in [0.1, 0.15) is 28.0 Å². The van der Waals surface area contributed by atoms with Gasteiger partial charge >= 0.3 is 11.8 Å². The Morgan fingerprint density at radius 2 is 1.84 bits per heavy atom. The first-order valence-electron chi connectivity index (χ1n) is 7.47. The number of methoxy groups -OCH3 is 1. The quantitative estimate of drug-likeness (QED) is 0.719. The molecule has 3 rings (SSSR count). The highest BCUT2D eigenvalue weighted by Gasteiger charge is 2.16. The van der Waals surface area contributed by atoms with Crippen molar-refractivity contribution < 1.29 is 18.7 Å². The highest BCUT2D eigenvalue weighted by molar-refractivity contribution is 6.02. The summed E-state index contributed by atoms with van der Waals surface area (Å²) in [6, 6.07) is 13.6. The van der Waals surface area contributed by atoms with Crippen LogP contribution in [0.4, 0.5) is 5.69 Å². The summed E-state index contributed by atoms with van der Waals surface area (Å²) in [6.45, 7) is 1.46. The predicted octanol–water partition coefficient (Wildman–Crippen LogP) is 3.20. The second-order valence-electron chi connectivity index (χ2n) is 5.23. The summed E-state index contributed by atoms with van der Waals surface area (Å²) in [7, 11) is 1.57. The number of carbonyl (C=O) groups is 2. The second kappa shape index (κ2) is 6.96. The minimum atomic E-state index is -0.548. The molecule has 7 nitrogen and oxygen atoms in total. The molecule has 1 N–H and O–H groups in total. The Morgan fingerprint density at radius 1 is 1.08 bits per heavy atom. The number of aromatic nitrogens is 2. The van der Waals surface area contributed by atoms with Crippen molar-refractivity contribution >= 4 is 17.4 Å². The number of hydrogen-bond donors (Lipinski definition) is 1. The first-order valence-corrected chi connectivity index (χ1v) is 7.47. The largest absolute Gasteiger partial charge is 0.497 e. The van der Waals surface area contributed by atoms with Crippen molar-refractivity contribution in [2.24, 2.45) is 0 Å². The fourth-order valence-electron chi connectivity index (χ4n) is 2.17. The molecule has 25 heavy (non-hydrogen) atoms. The third kappa shape index (κ3) is 3.72. The molecule has 1 heterocycles. The Hall–Kier alpha value is -3.48. The zero-order chi connectivity index (χ0) is 17.8. The number of rotatable bonds is 5. The van der Waals surface area contributed by atoms with Gasteiger partial charge in [-0.1, -0.05) is 12.1 Å². The van der Waals surface area contributed by atoms with Crippen molar-refractivity contribution in [3.63, 3.8) is 0 Å². The molecule has 0 bridgehead atoms. The summed E-state index contributed by atoms with van der Waals surface area (Å²) < 4.78 is 10.5. The molecule has 1 aromatic heterocycles. The van der Waals surface area contributed by atoms with Gasteiger partial charge in [-0.05, 0) is 43.3 Å². The Labute approximate surface area is 143 Å². The van der Waals surface area contributed by atoms with Crippen molar-refractivity contribution in [3.8, 4) is 17.2 Å². The van der Waals surface area contributed by atoms with Crippen molar-refractivity contribution in [3.05, 3.63) is 60.0 Å². The van der Waals surface area contributed by atoms with Crippen LogP contribution in [0.15, 0.2) is 52.9 Å². The van der Waals surface area contributed by atoms with Gasteiger partial charge in [0.1, 0.15) is 5.75 Å². The fourth-order valence-corrected chi connectivity index (χ4v) is 2.17. The minimum absolute atomic E-state index is 0.0873. The van der Waals surface area contributed by atoms with Crippen LogP contribution in [0.3, 0.4) is 0 Å². The van der Waals surface area contributed by atoms with E-state index in [2.05, 4.69) is 15.5 Å². The van der Waals surface area contributed by atoms with Gasteiger partial charge in [-0.25, -0.2) is 0 Å². The lowest BCUT2D eigenvalue weighted by molar-refractivity contribution is 0.0987. The smallest absolute Gasteiger partial charge is 0.313 e. The maximum atomic E-state index is 12.2. The van der Waals surface area contributed by atoms with E-state index in [1.165, 1.54) is 6.92 Å². The minimum Gasteiger partial charge on any atom is -0.497 e. The molecule has 3 aromatic rings. The number of ketones is 1. The summed E-state index contributed by atoms with van der Waals surface area (Å²) in [5.74, 6) is 0.125. The van der Waals surface area contributed by atoms with E-state index < -0.39 is 5.91 Å². The van der Waals surface area contributed by atoms with Crippen molar-refractivity contribution in [2.75, 3.05) is 12.4 Å². The number of benzene rings is 2. The van der Waals surface area contributed by atoms with E-state index in [0.29, 0.717) is 22.6 Å². The molecule has 126 valence electrons. The topological polar surface area (TPSA) is 94.3 Å². The van der Waals surface area contributed by atoms with Crippen LogP contribution < -0.4 is 10.1 Å². The highest BCUT2D eigenvalue weighted by Crippen LogP contribution is 2.21. The SMILES string of the molecule is COc1ccc(-c2nnc(C(=O)Nc3cccc(C(C)=O)c3)o2)cc1. The van der Waals surface area contributed by atoms with Crippen molar-refractivity contribution in [1.82, 2.24) is 10.2 Å². The van der Waals surface area contributed by atoms with Crippen LogP contribution in [-0.4, -0.2) is 29.0 Å². The third-order valence-electron chi connectivity index (χ3n) is 3.48. The number of amides is 1. The van der Waals surface area contributed by atoms with E-state index in [-0.39, 0.29) is 17.6 Å². The van der Waals surface area contributed by atoms with Crippen molar-refractivity contribution in [2.45, 2.75) is 6.92 Å². The Kier molecular flexibility index (Phi) is 4.56. The molecule has 0 aliphatic carbocycles. The number of nitrogens with zero attached hydrogens (tertiary/aromatic N) is 2. The third-order valence-corrected chi connectivity index (χ3v) is 3.48. The van der Waals surface area contributed by atoms with E-state index in [1.54, 1.807) is 55.6 Å². The number of anilines is 1. The van der Waals surface area contributed by atoms with Gasteiger partial charge in [0.25, 0.3) is 0 Å². The lowest BCUT2D eigenvalue weighted by Gasteiger charge is -2.03. The van der Waals surface area contributed by atoms with Crippen LogP contribution in [0.25, 0.3) is 11.5 Å². The molecule has 0 saturated heterocycles. The lowest BCUT2D eigenvalue weighted by Crippen LogP contribution is -2.12. The maximum absolute atomic E-state index is 12.2. The molecule has 7 heteroatoms. The summed E-state index contributed by atoms with van der Waals surface area (Å²) >= 11 is 0. The fraction of sp³-hybridized carbons (Fsp3) is 0.111. The van der Waals surface area contributed by atoms with Gasteiger partial charge in [0, 0.05) is 16.8 Å². The summed E-state index contributed by atoms with van der Waals surface area (Å²) in [5, 5.41) is 10.3. The zero-order valence-corrected chi connectivity index (χ0v) is 13.6. The molecule has 0 atom stereocenters. The van der Waals surface area contributed by atoms with Gasteiger partial charge < -0.3 is 14.5 Å². The molecule has 1 amide bonds. The number of carbonyl (C=O) groups excluding carboxylic acids is 2. The second-order valence-corrected chi connectivity index (χ2v) is 5.23. The molecule has 0 saturated carbocycles. The monoisotopic (exact) mass is 337 g/mol. The van der Waals surface area contributed by atoms with Gasteiger partial charge in [0.05, 0.1) is 7.11 Å². The standard InChI is InChI=1S/C18H15N3O4/c1-11(22)13-4-3-5-14(10-13)19-16(23)18-21-20-17(25-18)12-6-8-15(24-2)9-7-12/h3-10H,1-2H3,(H,19,23). The molecule has 0 spiro atoms. The molecular weight excluding hydrogens is 322 g/mol. The average molecular weight is 337 g/mol. The van der Waals surface area contributed by atoms with E-state index in [9.17, 15) is 9.59 Å².